The Morgan fingerprint density at radius 1 is 1.27 bits per heavy atom. The van der Waals surface area contributed by atoms with Crippen molar-refractivity contribution in [3.05, 3.63) is 50.3 Å². The van der Waals surface area contributed by atoms with E-state index in [0.29, 0.717) is 44.0 Å². The van der Waals surface area contributed by atoms with Gasteiger partial charge in [-0.25, -0.2) is 4.98 Å². The van der Waals surface area contributed by atoms with Crippen molar-refractivity contribution >= 4 is 39.4 Å². The van der Waals surface area contributed by atoms with Crippen LogP contribution in [0, 0.1) is 3.57 Å². The molecule has 2 aromatic carbocycles. The Morgan fingerprint density at radius 3 is 2.77 bits per heavy atom. The molecule has 0 saturated carbocycles. The van der Waals surface area contributed by atoms with Gasteiger partial charge in [-0.2, -0.15) is 0 Å². The molecule has 0 bridgehead atoms. The number of aromatic nitrogens is 2. The average molecular weight is 465 g/mol. The number of amides is 1. The van der Waals surface area contributed by atoms with Gasteiger partial charge in [0.25, 0.3) is 11.5 Å². The number of nitrogens with two attached hydrogens (primary N) is 1. The standard InChI is InChI=1S/C18H16IN3O4/c1-2-25-14-8-10(7-12(19)16(14)26-9-15(20)23)17-21-13-6-4-3-5-11(13)18(24)22-17/h3-8H,2,9H2,1H3,(H2,20,23)(H,21,22,24). The summed E-state index contributed by atoms with van der Waals surface area (Å²) in [5, 5.41) is 0.525. The van der Waals surface area contributed by atoms with E-state index >= 15 is 0 Å². The van der Waals surface area contributed by atoms with Crippen LogP contribution in [0.25, 0.3) is 22.3 Å². The first-order valence-electron chi connectivity index (χ1n) is 7.86. The zero-order valence-corrected chi connectivity index (χ0v) is 16.1. The van der Waals surface area contributed by atoms with Crippen LogP contribution >= 0.6 is 22.6 Å². The number of nitrogens with zero attached hydrogens (tertiary/aromatic N) is 1. The van der Waals surface area contributed by atoms with E-state index in [-0.39, 0.29) is 12.2 Å². The van der Waals surface area contributed by atoms with Crippen LogP contribution in [0.15, 0.2) is 41.2 Å². The highest BCUT2D eigenvalue weighted by Gasteiger charge is 2.16. The van der Waals surface area contributed by atoms with Crippen molar-refractivity contribution in [2.45, 2.75) is 6.92 Å². The smallest absolute Gasteiger partial charge is 0.259 e. The summed E-state index contributed by atoms with van der Waals surface area (Å²) in [6.07, 6.45) is 0. The second-order valence-electron chi connectivity index (χ2n) is 5.41. The lowest BCUT2D eigenvalue weighted by Crippen LogP contribution is -2.20. The summed E-state index contributed by atoms with van der Waals surface area (Å²) in [6.45, 7) is 2.00. The van der Waals surface area contributed by atoms with Crippen LogP contribution < -0.4 is 20.8 Å². The number of rotatable bonds is 6. The Kier molecular flexibility index (Phi) is 5.40. The molecule has 7 nitrogen and oxygen atoms in total. The van der Waals surface area contributed by atoms with E-state index in [1.54, 1.807) is 30.3 Å². The minimum absolute atomic E-state index is 0.215. The highest BCUT2D eigenvalue weighted by molar-refractivity contribution is 14.1. The van der Waals surface area contributed by atoms with Crippen LogP contribution in [0.4, 0.5) is 0 Å². The molecule has 0 radical (unpaired) electrons. The fourth-order valence-corrected chi connectivity index (χ4v) is 3.23. The number of carbonyl (C=O) groups is 1. The number of ether oxygens (including phenoxy) is 2. The Balaban J connectivity index is 2.11. The number of hydrogen-bond donors (Lipinski definition) is 2. The Morgan fingerprint density at radius 2 is 2.04 bits per heavy atom. The number of fused-ring (bicyclic) bond motifs is 1. The molecule has 0 unspecified atom stereocenters. The molecule has 0 spiro atoms. The second kappa shape index (κ2) is 7.73. The molecule has 0 atom stereocenters. The van der Waals surface area contributed by atoms with Crippen molar-refractivity contribution in [2.75, 3.05) is 13.2 Å². The van der Waals surface area contributed by atoms with Crippen molar-refractivity contribution in [1.29, 1.82) is 0 Å². The van der Waals surface area contributed by atoms with Crippen LogP contribution in [-0.2, 0) is 4.79 Å². The van der Waals surface area contributed by atoms with Crippen LogP contribution in [-0.4, -0.2) is 29.1 Å². The first-order chi connectivity index (χ1) is 12.5. The normalized spacial score (nSPS) is 10.7. The zero-order chi connectivity index (χ0) is 18.7. The SMILES string of the molecule is CCOc1cc(-c2nc3ccccc3c(=O)[nH]2)cc(I)c1OCC(N)=O. The first kappa shape index (κ1) is 18.2. The molecule has 1 aromatic heterocycles. The number of hydrogen-bond acceptors (Lipinski definition) is 5. The molecule has 0 saturated heterocycles. The third-order valence-corrected chi connectivity index (χ3v) is 4.36. The number of aromatic amines is 1. The maximum absolute atomic E-state index is 12.3. The monoisotopic (exact) mass is 465 g/mol. The second-order valence-corrected chi connectivity index (χ2v) is 6.57. The van der Waals surface area contributed by atoms with Gasteiger partial charge in [-0.15, -0.1) is 0 Å². The van der Waals surface area contributed by atoms with E-state index in [0.717, 1.165) is 0 Å². The van der Waals surface area contributed by atoms with Crippen molar-refractivity contribution < 1.29 is 14.3 Å². The highest BCUT2D eigenvalue weighted by atomic mass is 127. The van der Waals surface area contributed by atoms with Crippen LogP contribution in [0.3, 0.4) is 0 Å². The third kappa shape index (κ3) is 3.79. The quantitative estimate of drug-likeness (QED) is 0.544. The molecule has 134 valence electrons. The number of halogens is 1. The maximum atomic E-state index is 12.3. The fraction of sp³-hybridized carbons (Fsp3) is 0.167. The van der Waals surface area contributed by atoms with Crippen molar-refractivity contribution in [2.24, 2.45) is 5.73 Å². The lowest BCUT2D eigenvalue weighted by atomic mass is 10.1. The zero-order valence-electron chi connectivity index (χ0n) is 13.9. The third-order valence-electron chi connectivity index (χ3n) is 3.55. The summed E-state index contributed by atoms with van der Waals surface area (Å²) in [4.78, 5) is 30.6. The highest BCUT2D eigenvalue weighted by Crippen LogP contribution is 2.36. The van der Waals surface area contributed by atoms with E-state index in [4.69, 9.17) is 15.2 Å². The number of para-hydroxylation sites is 1. The molecular formula is C18H16IN3O4. The summed E-state index contributed by atoms with van der Waals surface area (Å²) in [6, 6.07) is 10.6. The van der Waals surface area contributed by atoms with Gasteiger partial charge in [0, 0.05) is 5.56 Å². The molecule has 0 aliphatic rings. The molecule has 0 aliphatic carbocycles. The number of primary amides is 1. The van der Waals surface area contributed by atoms with Crippen molar-refractivity contribution in [3.8, 4) is 22.9 Å². The average Bonchev–Trinajstić information content (AvgIpc) is 2.61. The molecule has 3 N–H and O–H groups in total. The molecule has 3 rings (SSSR count). The van der Waals surface area contributed by atoms with Gasteiger partial charge >= 0.3 is 0 Å². The van der Waals surface area contributed by atoms with E-state index in [9.17, 15) is 9.59 Å². The molecule has 26 heavy (non-hydrogen) atoms. The minimum Gasteiger partial charge on any atom is -0.490 e. The molecule has 8 heteroatoms. The Bertz CT molecular complexity index is 1030. The lowest BCUT2D eigenvalue weighted by molar-refractivity contribution is -0.119. The Labute approximate surface area is 162 Å². The van der Waals surface area contributed by atoms with Gasteiger partial charge in [0.15, 0.2) is 18.1 Å². The fourth-order valence-electron chi connectivity index (χ4n) is 2.47. The van der Waals surface area contributed by atoms with Gasteiger partial charge in [0.2, 0.25) is 0 Å². The van der Waals surface area contributed by atoms with E-state index in [1.165, 1.54) is 0 Å². The summed E-state index contributed by atoms with van der Waals surface area (Å²) in [7, 11) is 0. The van der Waals surface area contributed by atoms with Gasteiger partial charge in [-0.1, -0.05) is 12.1 Å². The van der Waals surface area contributed by atoms with E-state index in [1.807, 2.05) is 13.0 Å². The molecular weight excluding hydrogens is 449 g/mol. The van der Waals surface area contributed by atoms with Crippen molar-refractivity contribution in [1.82, 2.24) is 9.97 Å². The molecule has 1 heterocycles. The van der Waals surface area contributed by atoms with E-state index in [2.05, 4.69) is 32.6 Å². The number of carbonyl (C=O) groups excluding carboxylic acids is 1. The van der Waals surface area contributed by atoms with Gasteiger partial charge in [0.1, 0.15) is 5.82 Å². The molecule has 0 fully saturated rings. The molecule has 0 aliphatic heterocycles. The number of nitrogens with one attached hydrogen (secondary N) is 1. The summed E-state index contributed by atoms with van der Waals surface area (Å²) in [5.74, 6) is 0.728. The predicted octanol–water partition coefficient (Wildman–Crippen LogP) is 2.46. The van der Waals surface area contributed by atoms with Gasteiger partial charge in [-0.05, 0) is 53.8 Å². The van der Waals surface area contributed by atoms with Crippen LogP contribution in [0.2, 0.25) is 0 Å². The topological polar surface area (TPSA) is 107 Å². The van der Waals surface area contributed by atoms with Gasteiger partial charge < -0.3 is 20.2 Å². The number of H-pyrrole nitrogens is 1. The largest absolute Gasteiger partial charge is 0.490 e. The van der Waals surface area contributed by atoms with E-state index < -0.39 is 5.91 Å². The van der Waals surface area contributed by atoms with Crippen LogP contribution in [0.5, 0.6) is 11.5 Å². The minimum atomic E-state index is -0.576. The summed E-state index contributed by atoms with van der Waals surface area (Å²) in [5.41, 5.74) is 6.21. The maximum Gasteiger partial charge on any atom is 0.259 e. The number of benzene rings is 2. The summed E-state index contributed by atoms with van der Waals surface area (Å²) >= 11 is 2.07. The first-order valence-corrected chi connectivity index (χ1v) is 8.94. The van der Waals surface area contributed by atoms with Crippen LogP contribution in [0.1, 0.15) is 6.92 Å². The van der Waals surface area contributed by atoms with Crippen molar-refractivity contribution in [3.63, 3.8) is 0 Å². The molecule has 3 aromatic rings. The van der Waals surface area contributed by atoms with Gasteiger partial charge in [0.05, 0.1) is 21.1 Å². The van der Waals surface area contributed by atoms with Gasteiger partial charge in [-0.3, -0.25) is 9.59 Å². The lowest BCUT2D eigenvalue weighted by Gasteiger charge is -2.14. The molecule has 1 amide bonds. The predicted molar refractivity (Wildman–Crippen MR) is 106 cm³/mol. The summed E-state index contributed by atoms with van der Waals surface area (Å²) < 4.78 is 11.8. The Hall–Kier alpha value is -2.62.